The van der Waals surface area contributed by atoms with Gasteiger partial charge in [-0.25, -0.2) is 0 Å². The number of benzene rings is 2. The smallest absolute Gasteiger partial charge is 0.248 e. The van der Waals surface area contributed by atoms with Gasteiger partial charge in [0.2, 0.25) is 5.91 Å². The van der Waals surface area contributed by atoms with Crippen molar-refractivity contribution < 1.29 is 4.79 Å². The molecule has 0 fully saturated rings. The second-order valence-corrected chi connectivity index (χ2v) is 5.20. The summed E-state index contributed by atoms with van der Waals surface area (Å²) in [6.07, 6.45) is 3.07. The summed E-state index contributed by atoms with van der Waals surface area (Å²) in [4.78, 5) is 11.8. The van der Waals surface area contributed by atoms with E-state index in [1.54, 1.807) is 36.4 Å². The SMILES string of the molecule is O=C(C=Cc1cccc(Cl)c1)Nc1cccc(Cl)c1Cl. The molecule has 0 saturated heterocycles. The third-order valence-corrected chi connectivity index (χ3v) is 3.54. The van der Waals surface area contributed by atoms with Crippen molar-refractivity contribution in [2.75, 3.05) is 5.32 Å². The van der Waals surface area contributed by atoms with Crippen molar-refractivity contribution in [2.24, 2.45) is 0 Å². The number of hydrogen-bond donors (Lipinski definition) is 1. The molecule has 20 heavy (non-hydrogen) atoms. The highest BCUT2D eigenvalue weighted by molar-refractivity contribution is 6.44. The molecule has 2 rings (SSSR count). The Labute approximate surface area is 132 Å². The lowest BCUT2D eigenvalue weighted by Gasteiger charge is -2.05. The number of amides is 1. The summed E-state index contributed by atoms with van der Waals surface area (Å²) >= 11 is 17.7. The molecule has 0 bridgehead atoms. The fraction of sp³-hybridized carbons (Fsp3) is 0. The molecular formula is C15H10Cl3NO. The van der Waals surface area contributed by atoms with Gasteiger partial charge in [-0.05, 0) is 35.9 Å². The van der Waals surface area contributed by atoms with Gasteiger partial charge in [-0.3, -0.25) is 4.79 Å². The van der Waals surface area contributed by atoms with E-state index < -0.39 is 0 Å². The maximum absolute atomic E-state index is 11.8. The topological polar surface area (TPSA) is 29.1 Å². The van der Waals surface area contributed by atoms with Crippen LogP contribution in [-0.4, -0.2) is 5.91 Å². The monoisotopic (exact) mass is 325 g/mol. The molecule has 102 valence electrons. The summed E-state index contributed by atoms with van der Waals surface area (Å²) in [6.45, 7) is 0. The van der Waals surface area contributed by atoms with Crippen LogP contribution in [0.2, 0.25) is 15.1 Å². The van der Waals surface area contributed by atoms with E-state index in [1.807, 2.05) is 12.1 Å². The van der Waals surface area contributed by atoms with Crippen LogP contribution in [0.4, 0.5) is 5.69 Å². The Balaban J connectivity index is 2.08. The minimum atomic E-state index is -0.297. The van der Waals surface area contributed by atoms with E-state index in [0.29, 0.717) is 20.8 Å². The zero-order chi connectivity index (χ0) is 14.5. The zero-order valence-corrected chi connectivity index (χ0v) is 12.5. The van der Waals surface area contributed by atoms with Crippen LogP contribution in [0.15, 0.2) is 48.5 Å². The first-order valence-corrected chi connectivity index (χ1v) is 6.88. The Morgan fingerprint density at radius 1 is 1.05 bits per heavy atom. The fourth-order valence-corrected chi connectivity index (χ4v) is 2.10. The van der Waals surface area contributed by atoms with Crippen molar-refractivity contribution in [3.63, 3.8) is 0 Å². The van der Waals surface area contributed by atoms with Crippen LogP contribution in [0, 0.1) is 0 Å². The van der Waals surface area contributed by atoms with Crippen molar-refractivity contribution in [1.82, 2.24) is 0 Å². The van der Waals surface area contributed by atoms with Gasteiger partial charge in [-0.1, -0.05) is 53.0 Å². The van der Waals surface area contributed by atoms with Crippen molar-refractivity contribution in [1.29, 1.82) is 0 Å². The molecule has 0 radical (unpaired) electrons. The summed E-state index contributed by atoms with van der Waals surface area (Å²) in [6, 6.07) is 12.2. The molecule has 0 aliphatic carbocycles. The summed E-state index contributed by atoms with van der Waals surface area (Å²) in [7, 11) is 0. The minimum Gasteiger partial charge on any atom is -0.321 e. The highest BCUT2D eigenvalue weighted by Crippen LogP contribution is 2.29. The molecule has 0 aliphatic heterocycles. The third-order valence-electron chi connectivity index (χ3n) is 2.49. The lowest BCUT2D eigenvalue weighted by Crippen LogP contribution is -2.08. The fourth-order valence-electron chi connectivity index (χ4n) is 1.56. The molecule has 2 aromatic rings. The first-order chi connectivity index (χ1) is 9.56. The van der Waals surface area contributed by atoms with E-state index in [0.717, 1.165) is 5.56 Å². The van der Waals surface area contributed by atoms with Crippen LogP contribution < -0.4 is 5.32 Å². The van der Waals surface area contributed by atoms with Gasteiger partial charge in [0, 0.05) is 11.1 Å². The molecule has 5 heteroatoms. The lowest BCUT2D eigenvalue weighted by molar-refractivity contribution is -0.111. The van der Waals surface area contributed by atoms with E-state index in [-0.39, 0.29) is 5.91 Å². The van der Waals surface area contributed by atoms with Crippen LogP contribution in [0.5, 0.6) is 0 Å². The van der Waals surface area contributed by atoms with Crippen molar-refractivity contribution >= 4 is 52.5 Å². The Bertz CT molecular complexity index is 668. The molecule has 0 saturated carbocycles. The van der Waals surface area contributed by atoms with E-state index in [1.165, 1.54) is 6.08 Å². The quantitative estimate of drug-likeness (QED) is 0.762. The first-order valence-electron chi connectivity index (χ1n) is 5.75. The number of anilines is 1. The normalized spacial score (nSPS) is 10.8. The van der Waals surface area contributed by atoms with Crippen LogP contribution in [-0.2, 0) is 4.79 Å². The van der Waals surface area contributed by atoms with Crippen molar-refractivity contribution in [2.45, 2.75) is 0 Å². The first kappa shape index (κ1) is 14.9. The number of halogens is 3. The highest BCUT2D eigenvalue weighted by Gasteiger charge is 2.05. The summed E-state index contributed by atoms with van der Waals surface area (Å²) in [5.74, 6) is -0.297. The number of nitrogens with one attached hydrogen (secondary N) is 1. The third kappa shape index (κ3) is 4.01. The van der Waals surface area contributed by atoms with E-state index >= 15 is 0 Å². The maximum atomic E-state index is 11.8. The molecule has 0 heterocycles. The number of hydrogen-bond acceptors (Lipinski definition) is 1. The Kier molecular flexibility index (Phi) is 5.07. The van der Waals surface area contributed by atoms with Crippen LogP contribution in [0.25, 0.3) is 6.08 Å². The molecule has 0 atom stereocenters. The summed E-state index contributed by atoms with van der Waals surface area (Å²) in [5, 5.41) is 3.99. The maximum Gasteiger partial charge on any atom is 0.248 e. The second kappa shape index (κ2) is 6.80. The molecular weight excluding hydrogens is 317 g/mol. The lowest BCUT2D eigenvalue weighted by atomic mass is 10.2. The molecule has 1 amide bonds. The van der Waals surface area contributed by atoms with Gasteiger partial charge in [-0.15, -0.1) is 0 Å². The zero-order valence-electron chi connectivity index (χ0n) is 10.2. The van der Waals surface area contributed by atoms with Gasteiger partial charge in [0.15, 0.2) is 0 Å². The number of carbonyl (C=O) groups excluding carboxylic acids is 1. The van der Waals surface area contributed by atoms with Crippen LogP contribution >= 0.6 is 34.8 Å². The van der Waals surface area contributed by atoms with E-state index in [4.69, 9.17) is 34.8 Å². The van der Waals surface area contributed by atoms with E-state index in [2.05, 4.69) is 5.32 Å². The standard InChI is InChI=1S/C15H10Cl3NO/c16-11-4-1-3-10(9-11)7-8-14(20)19-13-6-2-5-12(17)15(13)18/h1-9H,(H,19,20). The number of carbonyl (C=O) groups is 1. The Morgan fingerprint density at radius 2 is 1.80 bits per heavy atom. The molecule has 0 aliphatic rings. The van der Waals surface area contributed by atoms with E-state index in [9.17, 15) is 4.79 Å². The molecule has 2 nitrogen and oxygen atoms in total. The van der Waals surface area contributed by atoms with Crippen molar-refractivity contribution in [3.8, 4) is 0 Å². The number of rotatable bonds is 3. The van der Waals surface area contributed by atoms with Gasteiger partial charge < -0.3 is 5.32 Å². The van der Waals surface area contributed by atoms with Gasteiger partial charge >= 0.3 is 0 Å². The van der Waals surface area contributed by atoms with Gasteiger partial charge in [0.25, 0.3) is 0 Å². The average molecular weight is 327 g/mol. The molecule has 0 spiro atoms. The van der Waals surface area contributed by atoms with Gasteiger partial charge in [-0.2, -0.15) is 0 Å². The Morgan fingerprint density at radius 3 is 2.55 bits per heavy atom. The summed E-state index contributed by atoms with van der Waals surface area (Å²) in [5.41, 5.74) is 1.31. The van der Waals surface area contributed by atoms with Crippen LogP contribution in [0.1, 0.15) is 5.56 Å². The molecule has 0 unspecified atom stereocenters. The predicted octanol–water partition coefficient (Wildman–Crippen LogP) is 5.30. The van der Waals surface area contributed by atoms with Crippen LogP contribution in [0.3, 0.4) is 0 Å². The van der Waals surface area contributed by atoms with Gasteiger partial charge in [0.05, 0.1) is 15.7 Å². The largest absolute Gasteiger partial charge is 0.321 e. The van der Waals surface area contributed by atoms with Gasteiger partial charge in [0.1, 0.15) is 0 Å². The van der Waals surface area contributed by atoms with Crippen molar-refractivity contribution in [3.05, 3.63) is 69.2 Å². The Hall–Kier alpha value is -1.48. The highest BCUT2D eigenvalue weighted by atomic mass is 35.5. The molecule has 1 N–H and O–H groups in total. The molecule has 2 aromatic carbocycles. The second-order valence-electron chi connectivity index (χ2n) is 3.98. The minimum absolute atomic E-state index is 0.297. The summed E-state index contributed by atoms with van der Waals surface area (Å²) < 4.78 is 0. The molecule has 0 aromatic heterocycles. The predicted molar refractivity (Wildman–Crippen MR) is 85.6 cm³/mol. The average Bonchev–Trinajstić information content (AvgIpc) is 2.42.